The molecular weight excluding hydrogens is 438 g/mol. The van der Waals surface area contributed by atoms with Gasteiger partial charge in [0.1, 0.15) is 5.69 Å². The predicted octanol–water partition coefficient (Wildman–Crippen LogP) is 3.25. The first-order valence-electron chi connectivity index (χ1n) is 10.8. The lowest BCUT2D eigenvalue weighted by atomic mass is 10.1. The number of aryl methyl sites for hydroxylation is 2. The van der Waals surface area contributed by atoms with Crippen LogP contribution in [0.4, 0.5) is 11.4 Å². The SMILES string of the molecule is Cc1cccc(C(=O)N2CCCC2)c1NC(=O)c1nn(-c2ccccc2[N+](=O)[O-])c(C)cc1=O. The van der Waals surface area contributed by atoms with Gasteiger partial charge >= 0.3 is 0 Å². The van der Waals surface area contributed by atoms with Gasteiger partial charge in [-0.1, -0.05) is 24.3 Å². The van der Waals surface area contributed by atoms with Crippen LogP contribution in [0.5, 0.6) is 0 Å². The molecule has 0 bridgehead atoms. The Kier molecular flexibility index (Phi) is 6.22. The number of likely N-dealkylation sites (tertiary alicyclic amines) is 1. The molecule has 10 heteroatoms. The predicted molar refractivity (Wildman–Crippen MR) is 125 cm³/mol. The van der Waals surface area contributed by atoms with Crippen molar-refractivity contribution in [2.75, 3.05) is 18.4 Å². The van der Waals surface area contributed by atoms with Gasteiger partial charge in [0.05, 0.1) is 16.2 Å². The van der Waals surface area contributed by atoms with E-state index in [0.29, 0.717) is 35.6 Å². The molecule has 1 saturated heterocycles. The van der Waals surface area contributed by atoms with E-state index in [1.165, 1.54) is 28.9 Å². The van der Waals surface area contributed by atoms with Crippen LogP contribution in [0.15, 0.2) is 53.3 Å². The van der Waals surface area contributed by atoms with Gasteiger partial charge in [0, 0.05) is 30.9 Å². The van der Waals surface area contributed by atoms with Crippen LogP contribution < -0.4 is 10.7 Å². The maximum absolute atomic E-state index is 13.2. The number of rotatable bonds is 5. The zero-order valence-electron chi connectivity index (χ0n) is 18.8. The lowest BCUT2D eigenvalue weighted by Gasteiger charge is -2.19. The minimum atomic E-state index is -0.804. The largest absolute Gasteiger partial charge is 0.339 e. The average Bonchev–Trinajstić information content (AvgIpc) is 3.35. The fraction of sp³-hybridized carbons (Fsp3) is 0.250. The molecule has 0 spiro atoms. The molecule has 1 fully saturated rings. The molecule has 1 aliphatic heterocycles. The van der Waals surface area contributed by atoms with Gasteiger partial charge in [0.2, 0.25) is 5.43 Å². The van der Waals surface area contributed by atoms with Crippen LogP contribution in [0.25, 0.3) is 5.69 Å². The van der Waals surface area contributed by atoms with Crippen LogP contribution in [0.1, 0.15) is 44.9 Å². The molecule has 2 aromatic carbocycles. The average molecular weight is 461 g/mol. The van der Waals surface area contributed by atoms with Crippen molar-refractivity contribution >= 4 is 23.2 Å². The number of para-hydroxylation sites is 3. The lowest BCUT2D eigenvalue weighted by Crippen LogP contribution is -2.30. The summed E-state index contributed by atoms with van der Waals surface area (Å²) in [5.74, 6) is -0.993. The van der Waals surface area contributed by atoms with Crippen molar-refractivity contribution in [1.29, 1.82) is 0 Å². The first-order chi connectivity index (χ1) is 16.3. The summed E-state index contributed by atoms with van der Waals surface area (Å²) in [5, 5.41) is 18.3. The minimum Gasteiger partial charge on any atom is -0.339 e. The highest BCUT2D eigenvalue weighted by molar-refractivity contribution is 6.08. The molecule has 174 valence electrons. The van der Waals surface area contributed by atoms with Crippen LogP contribution in [-0.4, -0.2) is 44.5 Å². The van der Waals surface area contributed by atoms with Gasteiger partial charge in [-0.15, -0.1) is 0 Å². The van der Waals surface area contributed by atoms with E-state index in [1.807, 2.05) is 0 Å². The summed E-state index contributed by atoms with van der Waals surface area (Å²) in [6, 6.07) is 12.3. The Hall–Kier alpha value is -4.34. The van der Waals surface area contributed by atoms with E-state index in [2.05, 4.69) is 10.4 Å². The first kappa shape index (κ1) is 22.8. The summed E-state index contributed by atoms with van der Waals surface area (Å²) in [4.78, 5) is 51.5. The Labute approximate surface area is 195 Å². The van der Waals surface area contributed by atoms with Gasteiger partial charge in [0.15, 0.2) is 5.69 Å². The molecule has 4 rings (SSSR count). The van der Waals surface area contributed by atoms with Crippen LogP contribution in [-0.2, 0) is 0 Å². The summed E-state index contributed by atoms with van der Waals surface area (Å²) in [6.45, 7) is 4.63. The molecule has 34 heavy (non-hydrogen) atoms. The molecule has 2 heterocycles. The van der Waals surface area contributed by atoms with Crippen molar-refractivity contribution in [3.8, 4) is 5.69 Å². The van der Waals surface area contributed by atoms with Crippen molar-refractivity contribution in [3.05, 3.63) is 91.4 Å². The normalized spacial score (nSPS) is 13.1. The molecule has 0 atom stereocenters. The van der Waals surface area contributed by atoms with Crippen molar-refractivity contribution in [2.24, 2.45) is 0 Å². The molecule has 0 unspecified atom stereocenters. The number of carbonyl (C=O) groups excluding carboxylic acids is 2. The summed E-state index contributed by atoms with van der Waals surface area (Å²) in [5.41, 5.74) is 0.466. The molecule has 1 aromatic heterocycles. The number of hydrogen-bond donors (Lipinski definition) is 1. The van der Waals surface area contributed by atoms with E-state index < -0.39 is 22.0 Å². The maximum Gasteiger partial charge on any atom is 0.294 e. The maximum atomic E-state index is 13.2. The summed E-state index contributed by atoms with van der Waals surface area (Å²) >= 11 is 0. The van der Waals surface area contributed by atoms with Gasteiger partial charge in [-0.05, 0) is 44.4 Å². The Morgan fingerprint density at radius 3 is 2.47 bits per heavy atom. The van der Waals surface area contributed by atoms with E-state index in [-0.39, 0.29) is 17.3 Å². The van der Waals surface area contributed by atoms with E-state index in [1.54, 1.807) is 43.0 Å². The van der Waals surface area contributed by atoms with Gasteiger partial charge in [-0.2, -0.15) is 5.10 Å². The van der Waals surface area contributed by atoms with Crippen LogP contribution in [0.3, 0.4) is 0 Å². The standard InChI is InChI=1S/C24H23N5O5/c1-15-8-7-9-17(24(32)27-12-5-6-13-27)21(15)25-23(31)22-20(30)14-16(2)28(26-22)18-10-3-4-11-19(18)29(33)34/h3-4,7-11,14H,5-6,12-13H2,1-2H3,(H,25,31). The molecule has 3 aromatic rings. The number of benzene rings is 2. The molecule has 0 aliphatic carbocycles. The fourth-order valence-corrected chi connectivity index (χ4v) is 4.02. The zero-order chi connectivity index (χ0) is 24.4. The van der Waals surface area contributed by atoms with Gasteiger partial charge in [-0.25, -0.2) is 4.68 Å². The van der Waals surface area contributed by atoms with Crippen molar-refractivity contribution in [1.82, 2.24) is 14.7 Å². The molecular formula is C24H23N5O5. The minimum absolute atomic E-state index is 0.125. The Bertz CT molecular complexity index is 1360. The Morgan fingerprint density at radius 1 is 1.06 bits per heavy atom. The number of amides is 2. The van der Waals surface area contributed by atoms with Gasteiger partial charge in [-0.3, -0.25) is 24.5 Å². The number of nitrogens with zero attached hydrogens (tertiary/aromatic N) is 4. The van der Waals surface area contributed by atoms with Crippen LogP contribution in [0, 0.1) is 24.0 Å². The number of anilines is 1. The van der Waals surface area contributed by atoms with E-state index in [9.17, 15) is 24.5 Å². The van der Waals surface area contributed by atoms with E-state index >= 15 is 0 Å². The highest BCUT2D eigenvalue weighted by Crippen LogP contribution is 2.25. The Balaban J connectivity index is 1.73. The second kappa shape index (κ2) is 9.26. The number of nitro benzene ring substituents is 1. The van der Waals surface area contributed by atoms with Gasteiger partial charge in [0.25, 0.3) is 17.5 Å². The number of hydrogen-bond acceptors (Lipinski definition) is 6. The van der Waals surface area contributed by atoms with Crippen LogP contribution >= 0.6 is 0 Å². The second-order valence-electron chi connectivity index (χ2n) is 8.11. The van der Waals surface area contributed by atoms with Crippen LogP contribution in [0.2, 0.25) is 0 Å². The second-order valence-corrected chi connectivity index (χ2v) is 8.11. The van der Waals surface area contributed by atoms with Crippen molar-refractivity contribution in [2.45, 2.75) is 26.7 Å². The van der Waals surface area contributed by atoms with Crippen molar-refractivity contribution in [3.63, 3.8) is 0 Å². The number of nitro groups is 1. The van der Waals surface area contributed by atoms with E-state index in [4.69, 9.17) is 0 Å². The first-order valence-corrected chi connectivity index (χ1v) is 10.8. The highest BCUT2D eigenvalue weighted by Gasteiger charge is 2.25. The number of nitrogens with one attached hydrogen (secondary N) is 1. The fourth-order valence-electron chi connectivity index (χ4n) is 4.02. The highest BCUT2D eigenvalue weighted by atomic mass is 16.6. The number of carbonyl (C=O) groups is 2. The molecule has 1 N–H and O–H groups in total. The third-order valence-electron chi connectivity index (χ3n) is 5.76. The molecule has 2 amide bonds. The van der Waals surface area contributed by atoms with E-state index in [0.717, 1.165) is 12.8 Å². The topological polar surface area (TPSA) is 127 Å². The van der Waals surface area contributed by atoms with Gasteiger partial charge < -0.3 is 10.2 Å². The summed E-state index contributed by atoms with van der Waals surface area (Å²) < 4.78 is 1.20. The molecule has 0 saturated carbocycles. The summed E-state index contributed by atoms with van der Waals surface area (Å²) in [6.07, 6.45) is 1.86. The number of aromatic nitrogens is 2. The lowest BCUT2D eigenvalue weighted by molar-refractivity contribution is -0.384. The summed E-state index contributed by atoms with van der Waals surface area (Å²) in [7, 11) is 0. The van der Waals surface area contributed by atoms with Crippen molar-refractivity contribution < 1.29 is 14.5 Å². The third kappa shape index (κ3) is 4.29. The molecule has 1 aliphatic rings. The third-order valence-corrected chi connectivity index (χ3v) is 5.76. The smallest absolute Gasteiger partial charge is 0.294 e. The zero-order valence-corrected chi connectivity index (χ0v) is 18.8. The monoisotopic (exact) mass is 461 g/mol. The Morgan fingerprint density at radius 2 is 1.76 bits per heavy atom. The quantitative estimate of drug-likeness (QED) is 0.459. The molecule has 0 radical (unpaired) electrons. The molecule has 10 nitrogen and oxygen atoms in total.